The monoisotopic (exact) mass is 456 g/mol. The fourth-order valence-electron chi connectivity index (χ4n) is 8.05. The van der Waals surface area contributed by atoms with Gasteiger partial charge in [0.2, 0.25) is 0 Å². The summed E-state index contributed by atoms with van der Waals surface area (Å²) in [5.74, 6) is -1.94. The van der Waals surface area contributed by atoms with Crippen molar-refractivity contribution in [3.63, 3.8) is 0 Å². The number of hydrogen-bond donors (Lipinski definition) is 3. The van der Waals surface area contributed by atoms with E-state index in [0.717, 1.165) is 6.42 Å². The largest absolute Gasteiger partial charge is 0.457 e. The van der Waals surface area contributed by atoms with Crippen LogP contribution in [0.5, 0.6) is 0 Å². The van der Waals surface area contributed by atoms with Gasteiger partial charge in [0.05, 0.1) is 23.2 Å². The summed E-state index contributed by atoms with van der Waals surface area (Å²) in [5.41, 5.74) is -3.79. The Balaban J connectivity index is 1.64. The Morgan fingerprint density at radius 2 is 1.70 bits per heavy atom. The molecule has 5 rings (SSSR count). The van der Waals surface area contributed by atoms with E-state index in [1.807, 2.05) is 13.0 Å². The molecule has 0 aromatic heterocycles. The lowest BCUT2D eigenvalue weighted by Gasteiger charge is -2.60. The van der Waals surface area contributed by atoms with Gasteiger partial charge in [0.15, 0.2) is 5.78 Å². The third-order valence-electron chi connectivity index (χ3n) is 10.4. The fourth-order valence-corrected chi connectivity index (χ4v) is 8.05. The minimum absolute atomic E-state index is 0.0444. The van der Waals surface area contributed by atoms with E-state index in [4.69, 9.17) is 4.74 Å². The zero-order valence-corrected chi connectivity index (χ0v) is 20.1. The van der Waals surface area contributed by atoms with Crippen molar-refractivity contribution in [1.82, 2.24) is 0 Å². The number of aliphatic hydroxyl groups excluding tert-OH is 2. The highest BCUT2D eigenvalue weighted by molar-refractivity contribution is 5.96. The number of ether oxygens (including phenoxy) is 1. The van der Waals surface area contributed by atoms with E-state index in [1.165, 1.54) is 0 Å². The average Bonchev–Trinajstić information content (AvgIpc) is 3.26. The molecule has 0 radical (unpaired) electrons. The molecule has 4 fully saturated rings. The Bertz CT molecular complexity index is 990. The summed E-state index contributed by atoms with van der Waals surface area (Å²) in [6.45, 7) is 9.74. The number of esters is 1. The molecule has 3 N–H and O–H groups in total. The molecule has 10 atom stereocenters. The number of carbonyl (C=O) groups excluding carboxylic acids is 2. The second kappa shape index (κ2) is 6.89. The summed E-state index contributed by atoms with van der Waals surface area (Å²) in [5, 5.41) is 34.2. The van der Waals surface area contributed by atoms with Crippen molar-refractivity contribution in [1.29, 1.82) is 0 Å². The molecule has 4 aliphatic rings. The molecule has 0 amide bonds. The van der Waals surface area contributed by atoms with E-state index in [0.29, 0.717) is 12.0 Å². The van der Waals surface area contributed by atoms with Crippen molar-refractivity contribution in [2.75, 3.05) is 0 Å². The lowest BCUT2D eigenvalue weighted by atomic mass is 9.46. The normalized spacial score (nSPS) is 49.9. The summed E-state index contributed by atoms with van der Waals surface area (Å²) in [6.07, 6.45) is -1.38. The van der Waals surface area contributed by atoms with Gasteiger partial charge in [0, 0.05) is 17.3 Å². The summed E-state index contributed by atoms with van der Waals surface area (Å²) in [7, 11) is 0. The highest BCUT2D eigenvalue weighted by Crippen LogP contribution is 2.73. The number of benzene rings is 1. The van der Waals surface area contributed by atoms with Gasteiger partial charge in [-0.05, 0) is 55.6 Å². The second-order valence-corrected chi connectivity index (χ2v) is 12.2. The molecule has 0 bridgehead atoms. The van der Waals surface area contributed by atoms with Crippen LogP contribution in [0, 0.1) is 39.9 Å². The van der Waals surface area contributed by atoms with Crippen molar-refractivity contribution in [3.05, 3.63) is 35.9 Å². The molecule has 6 nitrogen and oxygen atoms in total. The second-order valence-electron chi connectivity index (χ2n) is 12.2. The number of rotatable bonds is 2. The van der Waals surface area contributed by atoms with Crippen LogP contribution < -0.4 is 0 Å². The van der Waals surface area contributed by atoms with Gasteiger partial charge in [-0.3, -0.25) is 4.79 Å². The third kappa shape index (κ3) is 2.72. The van der Waals surface area contributed by atoms with Crippen molar-refractivity contribution < 1.29 is 29.6 Å². The molecule has 180 valence electrons. The number of carbonyl (C=O) groups is 2. The molecule has 6 heteroatoms. The van der Waals surface area contributed by atoms with Crippen molar-refractivity contribution in [2.24, 2.45) is 39.9 Å². The van der Waals surface area contributed by atoms with E-state index < -0.39 is 52.4 Å². The van der Waals surface area contributed by atoms with Crippen LogP contribution in [-0.4, -0.2) is 51.0 Å². The van der Waals surface area contributed by atoms with Gasteiger partial charge in [0.1, 0.15) is 11.7 Å². The van der Waals surface area contributed by atoms with Gasteiger partial charge >= 0.3 is 5.97 Å². The summed E-state index contributed by atoms with van der Waals surface area (Å²) in [6, 6.07) is 8.73. The molecular formula is C27H36O6. The molecule has 0 saturated heterocycles. The Morgan fingerprint density at radius 3 is 2.33 bits per heavy atom. The van der Waals surface area contributed by atoms with Gasteiger partial charge in [0.25, 0.3) is 0 Å². The number of hydrogen-bond acceptors (Lipinski definition) is 6. The maximum atomic E-state index is 14.3. The Kier molecular flexibility index (Phi) is 4.81. The molecular weight excluding hydrogens is 420 g/mol. The number of Topliss-reactive ketones (excluding diaryl/α,β-unsaturated/α-hetero) is 1. The van der Waals surface area contributed by atoms with Crippen LogP contribution >= 0.6 is 0 Å². The SMILES string of the molecule is C[C@H]1C[C@]2(O)C(=O)[C@@]3(C)[C@H](OC(=O)c4ccccc4)[C@@H]4[C@H](CC[C@@]3(C)[C@H](O)[C@H]2[C@H]1O)C4(C)C. The Morgan fingerprint density at radius 1 is 1.06 bits per heavy atom. The first-order valence-corrected chi connectivity index (χ1v) is 12.2. The smallest absolute Gasteiger partial charge is 0.338 e. The molecule has 1 aromatic rings. The Hall–Kier alpha value is -1.76. The first-order chi connectivity index (χ1) is 15.3. The van der Waals surface area contributed by atoms with Crippen molar-refractivity contribution in [3.8, 4) is 0 Å². The van der Waals surface area contributed by atoms with Crippen LogP contribution in [0.25, 0.3) is 0 Å². The topological polar surface area (TPSA) is 104 Å². The predicted molar refractivity (Wildman–Crippen MR) is 121 cm³/mol. The molecule has 0 aliphatic heterocycles. The van der Waals surface area contributed by atoms with E-state index in [9.17, 15) is 24.9 Å². The highest BCUT2D eigenvalue weighted by Gasteiger charge is 2.79. The third-order valence-corrected chi connectivity index (χ3v) is 10.4. The van der Waals surface area contributed by atoms with Gasteiger partial charge in [-0.25, -0.2) is 4.79 Å². The van der Waals surface area contributed by atoms with Crippen molar-refractivity contribution >= 4 is 11.8 Å². The molecule has 4 saturated carbocycles. The van der Waals surface area contributed by atoms with Crippen LogP contribution in [0.3, 0.4) is 0 Å². The molecule has 0 heterocycles. The minimum Gasteiger partial charge on any atom is -0.457 e. The van der Waals surface area contributed by atoms with Gasteiger partial charge in [-0.1, -0.05) is 45.9 Å². The first-order valence-electron chi connectivity index (χ1n) is 12.2. The van der Waals surface area contributed by atoms with Crippen LogP contribution in [0.2, 0.25) is 0 Å². The molecule has 33 heavy (non-hydrogen) atoms. The summed E-state index contributed by atoms with van der Waals surface area (Å²) in [4.78, 5) is 27.5. The van der Waals surface area contributed by atoms with Gasteiger partial charge < -0.3 is 20.1 Å². The van der Waals surface area contributed by atoms with Gasteiger partial charge in [-0.15, -0.1) is 0 Å². The molecule has 4 aliphatic carbocycles. The zero-order chi connectivity index (χ0) is 24.1. The van der Waals surface area contributed by atoms with Crippen LogP contribution in [0.15, 0.2) is 30.3 Å². The molecule has 1 aromatic carbocycles. The van der Waals surface area contributed by atoms with Crippen molar-refractivity contribution in [2.45, 2.75) is 77.8 Å². The van der Waals surface area contributed by atoms with Gasteiger partial charge in [-0.2, -0.15) is 0 Å². The maximum absolute atomic E-state index is 14.3. The zero-order valence-electron chi connectivity index (χ0n) is 20.1. The molecule has 0 spiro atoms. The highest BCUT2D eigenvalue weighted by atomic mass is 16.5. The van der Waals surface area contributed by atoms with Crippen LogP contribution in [0.4, 0.5) is 0 Å². The number of fused-ring (bicyclic) bond motifs is 3. The lowest BCUT2D eigenvalue weighted by Crippen LogP contribution is -2.72. The average molecular weight is 457 g/mol. The summed E-state index contributed by atoms with van der Waals surface area (Å²) < 4.78 is 6.21. The quantitative estimate of drug-likeness (QED) is 0.591. The number of aliphatic hydroxyl groups is 3. The minimum atomic E-state index is -1.84. The maximum Gasteiger partial charge on any atom is 0.338 e. The fraction of sp³-hybridized carbons (Fsp3) is 0.704. The predicted octanol–water partition coefficient (Wildman–Crippen LogP) is 2.98. The van der Waals surface area contributed by atoms with E-state index in [2.05, 4.69) is 13.8 Å². The first kappa shape index (κ1) is 23.0. The van der Waals surface area contributed by atoms with Crippen LogP contribution in [0.1, 0.15) is 64.2 Å². The van der Waals surface area contributed by atoms with E-state index in [1.54, 1.807) is 38.1 Å². The number of ketones is 1. The van der Waals surface area contributed by atoms with Crippen LogP contribution in [-0.2, 0) is 9.53 Å². The Labute approximate surface area is 195 Å². The summed E-state index contributed by atoms with van der Waals surface area (Å²) >= 11 is 0. The standard InChI is InChI=1S/C27H36O6/c1-14-13-27(32)18(19(14)28)20(29)25(4)12-11-16-17(24(16,2)3)21(26(25,5)23(27)31)33-22(30)15-9-7-6-8-10-15/h6-10,14,16-21,28-29,32H,11-13H2,1-5H3/t14-,16-,17-,18+,19-,20+,21+,25-,26+,27+/m0/s1. The lowest BCUT2D eigenvalue weighted by molar-refractivity contribution is -0.229. The van der Waals surface area contributed by atoms with E-state index >= 15 is 0 Å². The van der Waals surface area contributed by atoms with E-state index in [-0.39, 0.29) is 29.6 Å². The molecule has 0 unspecified atom stereocenters.